The van der Waals surface area contributed by atoms with Gasteiger partial charge in [0.05, 0.1) is 12.2 Å². The molecule has 6 rings (SSSR count). The van der Waals surface area contributed by atoms with Crippen molar-refractivity contribution in [2.75, 3.05) is 6.61 Å². The summed E-state index contributed by atoms with van der Waals surface area (Å²) in [5.41, 5.74) is 1.47. The van der Waals surface area contributed by atoms with E-state index in [2.05, 4.69) is 20.8 Å². The number of hydrogen-bond donors (Lipinski definition) is 1. The molecule has 0 aromatic carbocycles. The van der Waals surface area contributed by atoms with E-state index in [4.69, 9.17) is 14.2 Å². The zero-order valence-electron chi connectivity index (χ0n) is 15.1. The largest absolute Gasteiger partial charge is 0.422 e. The minimum Gasteiger partial charge on any atom is -0.422 e. The van der Waals surface area contributed by atoms with Crippen LogP contribution in [0.2, 0.25) is 0 Å². The maximum atomic E-state index is 12.3. The van der Waals surface area contributed by atoms with Crippen LogP contribution in [0.15, 0.2) is 11.1 Å². The Labute approximate surface area is 147 Å². The normalized spacial score (nSPS) is 56.9. The summed E-state index contributed by atoms with van der Waals surface area (Å²) >= 11 is 0. The third-order valence-electron chi connectivity index (χ3n) is 8.59. The molecule has 3 saturated carbocycles. The number of esters is 1. The van der Waals surface area contributed by atoms with Crippen LogP contribution in [0.25, 0.3) is 0 Å². The summed E-state index contributed by atoms with van der Waals surface area (Å²) in [6, 6.07) is 0. The minimum absolute atomic E-state index is 0.101. The first-order chi connectivity index (χ1) is 11.8. The van der Waals surface area contributed by atoms with Crippen LogP contribution in [0.1, 0.15) is 52.9 Å². The van der Waals surface area contributed by atoms with Gasteiger partial charge in [0.1, 0.15) is 17.8 Å². The van der Waals surface area contributed by atoms with Gasteiger partial charge in [-0.15, -0.1) is 0 Å². The van der Waals surface area contributed by atoms with E-state index in [0.717, 1.165) is 12.0 Å². The Morgan fingerprint density at radius 2 is 1.96 bits per heavy atom. The molecule has 5 heteroatoms. The zero-order valence-corrected chi connectivity index (χ0v) is 15.1. The lowest BCUT2D eigenvalue weighted by Crippen LogP contribution is -2.59. The van der Waals surface area contributed by atoms with Crippen LogP contribution in [0, 0.1) is 22.7 Å². The molecule has 0 aromatic heterocycles. The second-order valence-electron chi connectivity index (χ2n) is 10.0. The summed E-state index contributed by atoms with van der Waals surface area (Å²) in [5, 5.41) is 9.68. The summed E-state index contributed by atoms with van der Waals surface area (Å²) in [5.74, 6) is -0.417. The Morgan fingerprint density at radius 1 is 1.16 bits per heavy atom. The van der Waals surface area contributed by atoms with Crippen LogP contribution in [-0.4, -0.2) is 41.3 Å². The summed E-state index contributed by atoms with van der Waals surface area (Å²) in [6.45, 7) is 6.96. The fourth-order valence-electron chi connectivity index (χ4n) is 7.67. The Balaban J connectivity index is 1.48. The molecular weight excluding hydrogens is 320 g/mol. The number of aliphatic hydroxyl groups is 1. The van der Waals surface area contributed by atoms with E-state index in [-0.39, 0.29) is 35.7 Å². The maximum absolute atomic E-state index is 12.3. The van der Waals surface area contributed by atoms with Crippen molar-refractivity contribution in [2.24, 2.45) is 22.7 Å². The fourth-order valence-corrected chi connectivity index (χ4v) is 7.67. The van der Waals surface area contributed by atoms with Gasteiger partial charge >= 0.3 is 5.97 Å². The summed E-state index contributed by atoms with van der Waals surface area (Å²) in [4.78, 5) is 12.3. The average molecular weight is 346 g/mol. The molecule has 25 heavy (non-hydrogen) atoms. The van der Waals surface area contributed by atoms with Gasteiger partial charge in [0, 0.05) is 11.5 Å². The van der Waals surface area contributed by atoms with E-state index in [0.29, 0.717) is 16.9 Å². The predicted molar refractivity (Wildman–Crippen MR) is 87.4 cm³/mol. The number of hydrogen-bond acceptors (Lipinski definition) is 5. The van der Waals surface area contributed by atoms with Gasteiger partial charge in [-0.05, 0) is 42.4 Å². The molecule has 6 aliphatic rings. The molecule has 0 radical (unpaired) electrons. The lowest BCUT2D eigenvalue weighted by atomic mass is 9.44. The summed E-state index contributed by atoms with van der Waals surface area (Å²) in [6.07, 6.45) is 5.71. The number of fused-ring (bicyclic) bond motifs is 4. The molecule has 5 fully saturated rings. The summed E-state index contributed by atoms with van der Waals surface area (Å²) < 4.78 is 18.2. The third kappa shape index (κ3) is 1.45. The number of aliphatic hydroxyl groups excluding tert-OH is 1. The van der Waals surface area contributed by atoms with Crippen LogP contribution in [0.3, 0.4) is 0 Å². The molecule has 1 N–H and O–H groups in total. The van der Waals surface area contributed by atoms with Crippen molar-refractivity contribution in [3.8, 4) is 0 Å². The highest BCUT2D eigenvalue weighted by molar-refractivity contribution is 5.94. The van der Waals surface area contributed by atoms with Crippen LogP contribution < -0.4 is 0 Å². The Hall–Kier alpha value is -0.910. The zero-order chi connectivity index (χ0) is 17.4. The highest BCUT2D eigenvalue weighted by Crippen LogP contribution is 2.77. The van der Waals surface area contributed by atoms with E-state index < -0.39 is 11.8 Å². The maximum Gasteiger partial charge on any atom is 0.339 e. The van der Waals surface area contributed by atoms with E-state index in [1.54, 1.807) is 0 Å². The molecule has 2 spiro atoms. The lowest BCUT2D eigenvalue weighted by Gasteiger charge is -2.59. The topological polar surface area (TPSA) is 71.6 Å². The molecule has 2 saturated heterocycles. The highest BCUT2D eigenvalue weighted by atomic mass is 16.8. The molecule has 7 unspecified atom stereocenters. The number of carbonyl (C=O) groups excluding carboxylic acids is 1. The number of ether oxygens (including phenoxy) is 3. The molecular formula is C20H26O5. The molecule has 3 aliphatic carbocycles. The first-order valence-corrected chi connectivity index (χ1v) is 9.73. The Kier molecular flexibility index (Phi) is 2.43. The van der Waals surface area contributed by atoms with Crippen LogP contribution in [0.4, 0.5) is 0 Å². The third-order valence-corrected chi connectivity index (χ3v) is 8.59. The second-order valence-corrected chi connectivity index (χ2v) is 10.0. The molecule has 0 amide bonds. The Bertz CT molecular complexity index is 740. The van der Waals surface area contributed by atoms with Crippen molar-refractivity contribution in [2.45, 2.75) is 76.5 Å². The molecule has 5 nitrogen and oxygen atoms in total. The lowest BCUT2D eigenvalue weighted by molar-refractivity contribution is -0.147. The monoisotopic (exact) mass is 346 g/mol. The van der Waals surface area contributed by atoms with Gasteiger partial charge in [-0.3, -0.25) is 0 Å². The SMILES string of the molecule is CC1(C)CCCC2(C)C1CCC13OC1C1=C(CO)C(=O)OC14OC4C23. The van der Waals surface area contributed by atoms with Gasteiger partial charge in [0.25, 0.3) is 5.79 Å². The predicted octanol–water partition coefficient (Wildman–Crippen LogP) is 2.32. The second kappa shape index (κ2) is 4.00. The van der Waals surface area contributed by atoms with Crippen LogP contribution >= 0.6 is 0 Å². The van der Waals surface area contributed by atoms with Crippen LogP contribution in [-0.2, 0) is 19.0 Å². The smallest absolute Gasteiger partial charge is 0.339 e. The van der Waals surface area contributed by atoms with Gasteiger partial charge in [0.2, 0.25) is 0 Å². The van der Waals surface area contributed by atoms with Crippen molar-refractivity contribution >= 4 is 5.97 Å². The first-order valence-electron chi connectivity index (χ1n) is 9.73. The first kappa shape index (κ1) is 15.2. The van der Waals surface area contributed by atoms with Crippen molar-refractivity contribution in [1.29, 1.82) is 0 Å². The number of rotatable bonds is 1. The van der Waals surface area contributed by atoms with E-state index in [1.165, 1.54) is 25.7 Å². The van der Waals surface area contributed by atoms with Crippen molar-refractivity contribution in [1.82, 2.24) is 0 Å². The Morgan fingerprint density at radius 3 is 2.72 bits per heavy atom. The average Bonchev–Trinajstić information content (AvgIpc) is 3.38. The fraction of sp³-hybridized carbons (Fsp3) is 0.850. The van der Waals surface area contributed by atoms with Crippen molar-refractivity contribution in [3.63, 3.8) is 0 Å². The number of carbonyl (C=O) groups is 1. The van der Waals surface area contributed by atoms with Crippen molar-refractivity contribution in [3.05, 3.63) is 11.1 Å². The molecule has 136 valence electrons. The van der Waals surface area contributed by atoms with Gasteiger partial charge in [-0.25, -0.2) is 4.79 Å². The molecule has 3 heterocycles. The molecule has 3 aliphatic heterocycles. The van der Waals surface area contributed by atoms with E-state index in [1.807, 2.05) is 0 Å². The van der Waals surface area contributed by atoms with Gasteiger partial charge in [-0.2, -0.15) is 0 Å². The van der Waals surface area contributed by atoms with Gasteiger partial charge in [-0.1, -0.05) is 27.2 Å². The molecule has 0 aromatic rings. The van der Waals surface area contributed by atoms with E-state index >= 15 is 0 Å². The summed E-state index contributed by atoms with van der Waals surface area (Å²) in [7, 11) is 0. The number of epoxide rings is 2. The quantitative estimate of drug-likeness (QED) is 0.583. The highest BCUT2D eigenvalue weighted by Gasteiger charge is 2.88. The van der Waals surface area contributed by atoms with Crippen LogP contribution in [0.5, 0.6) is 0 Å². The minimum atomic E-state index is -0.920. The standard InChI is InChI=1S/C20H26O5/c1-17(2)6-4-7-18(3)11(17)5-8-19-13(18)15-20(24-15)12(14(19)23-19)10(9-21)16(22)25-20/h11,13-15,21H,4-9H2,1-3H3. The molecule has 0 bridgehead atoms. The molecule has 7 atom stereocenters. The van der Waals surface area contributed by atoms with Gasteiger partial charge in [0.15, 0.2) is 0 Å². The van der Waals surface area contributed by atoms with Crippen molar-refractivity contribution < 1.29 is 24.1 Å². The van der Waals surface area contributed by atoms with E-state index in [9.17, 15) is 9.90 Å². The van der Waals surface area contributed by atoms with Gasteiger partial charge < -0.3 is 19.3 Å².